The lowest BCUT2D eigenvalue weighted by Crippen LogP contribution is -2.33. The molecule has 0 aliphatic carbocycles. The number of para-hydroxylation sites is 1. The Bertz CT molecular complexity index is 1050. The zero-order valence-electron chi connectivity index (χ0n) is 14.9. The highest BCUT2D eigenvalue weighted by Gasteiger charge is 2.28. The first-order chi connectivity index (χ1) is 13.1. The van der Waals surface area contributed by atoms with Crippen molar-refractivity contribution in [1.82, 2.24) is 9.88 Å². The van der Waals surface area contributed by atoms with Gasteiger partial charge in [0.15, 0.2) is 0 Å². The lowest BCUT2D eigenvalue weighted by Gasteiger charge is -2.32. The third kappa shape index (κ3) is 3.31. The van der Waals surface area contributed by atoms with Crippen LogP contribution in [-0.4, -0.2) is 21.7 Å². The lowest BCUT2D eigenvalue weighted by atomic mass is 9.93. The van der Waals surface area contributed by atoms with Gasteiger partial charge >= 0.3 is 0 Å². The molecule has 0 bridgehead atoms. The molecule has 1 unspecified atom stereocenters. The maximum Gasteiger partial charge on any atom is 0.226 e. The Kier molecular flexibility index (Phi) is 4.42. The molecular formula is C22H19N3O2. The summed E-state index contributed by atoms with van der Waals surface area (Å²) in [5.41, 5.74) is 3.42. The number of amides is 2. The molecular weight excluding hydrogens is 338 g/mol. The van der Waals surface area contributed by atoms with Gasteiger partial charge in [0.1, 0.15) is 0 Å². The van der Waals surface area contributed by atoms with Crippen LogP contribution in [-0.2, 0) is 9.59 Å². The molecule has 134 valence electrons. The van der Waals surface area contributed by atoms with Gasteiger partial charge in [-0.2, -0.15) is 0 Å². The van der Waals surface area contributed by atoms with Crippen molar-refractivity contribution in [1.29, 1.82) is 0 Å². The average molecular weight is 357 g/mol. The van der Waals surface area contributed by atoms with Gasteiger partial charge in [-0.15, -0.1) is 0 Å². The summed E-state index contributed by atoms with van der Waals surface area (Å²) in [6.07, 6.45) is 5.53. The van der Waals surface area contributed by atoms with Crippen molar-refractivity contribution in [3.05, 3.63) is 78.1 Å². The van der Waals surface area contributed by atoms with E-state index in [-0.39, 0.29) is 24.3 Å². The Hall–Kier alpha value is -3.47. The van der Waals surface area contributed by atoms with E-state index in [0.717, 1.165) is 22.0 Å². The predicted octanol–water partition coefficient (Wildman–Crippen LogP) is 4.14. The smallest absolute Gasteiger partial charge is 0.226 e. The number of aromatic nitrogens is 1. The monoisotopic (exact) mass is 357 g/mol. The Morgan fingerprint density at radius 3 is 2.74 bits per heavy atom. The predicted molar refractivity (Wildman–Crippen MR) is 106 cm³/mol. The number of carbonyl (C=O) groups is 2. The Labute approximate surface area is 157 Å². The Balaban J connectivity index is 1.61. The number of hydrogen-bond acceptors (Lipinski definition) is 3. The van der Waals surface area contributed by atoms with Crippen LogP contribution < -0.4 is 5.32 Å². The number of anilines is 1. The van der Waals surface area contributed by atoms with Crippen LogP contribution in [0.3, 0.4) is 0 Å². The molecule has 3 aromatic rings. The van der Waals surface area contributed by atoms with E-state index < -0.39 is 0 Å². The fourth-order valence-electron chi connectivity index (χ4n) is 3.50. The first-order valence-electron chi connectivity index (χ1n) is 8.83. The summed E-state index contributed by atoms with van der Waals surface area (Å²) in [5.74, 6) is -0.250. The van der Waals surface area contributed by atoms with Crippen LogP contribution in [0.25, 0.3) is 17.0 Å². The SMILES string of the molecule is CC(=O)N1C=Cc2ccccc2C1CC(=O)Nc1cccc2cccnc12. The van der Waals surface area contributed by atoms with E-state index in [1.807, 2.05) is 60.7 Å². The van der Waals surface area contributed by atoms with Gasteiger partial charge in [0.2, 0.25) is 11.8 Å². The molecule has 5 heteroatoms. The van der Waals surface area contributed by atoms with Gasteiger partial charge in [-0.1, -0.05) is 42.5 Å². The van der Waals surface area contributed by atoms with Crippen LogP contribution in [0.2, 0.25) is 0 Å². The van der Waals surface area contributed by atoms with Gasteiger partial charge in [-0.25, -0.2) is 0 Å². The van der Waals surface area contributed by atoms with Crippen LogP contribution in [0.4, 0.5) is 5.69 Å². The minimum Gasteiger partial charge on any atom is -0.324 e. The lowest BCUT2D eigenvalue weighted by molar-refractivity contribution is -0.129. The van der Waals surface area contributed by atoms with Gasteiger partial charge in [0.05, 0.1) is 23.7 Å². The Morgan fingerprint density at radius 1 is 1.07 bits per heavy atom. The standard InChI is InChI=1S/C22H19N3O2/c1-15(26)25-13-11-16-6-2-3-9-18(16)20(25)14-21(27)24-19-10-4-7-17-8-5-12-23-22(17)19/h2-13,20H,14H2,1H3,(H,24,27). The largest absolute Gasteiger partial charge is 0.324 e. The zero-order valence-corrected chi connectivity index (χ0v) is 14.9. The van der Waals surface area contributed by atoms with E-state index in [2.05, 4.69) is 10.3 Å². The second-order valence-electron chi connectivity index (χ2n) is 6.52. The normalized spacial score (nSPS) is 15.4. The number of hydrogen-bond donors (Lipinski definition) is 1. The van der Waals surface area contributed by atoms with Crippen molar-refractivity contribution >= 4 is 34.5 Å². The summed E-state index contributed by atoms with van der Waals surface area (Å²) in [7, 11) is 0. The highest BCUT2D eigenvalue weighted by atomic mass is 16.2. The van der Waals surface area contributed by atoms with E-state index in [9.17, 15) is 9.59 Å². The average Bonchev–Trinajstić information content (AvgIpc) is 2.68. The molecule has 0 saturated carbocycles. The third-order valence-corrected chi connectivity index (χ3v) is 4.75. The number of rotatable bonds is 3. The van der Waals surface area contributed by atoms with Gasteiger partial charge in [0, 0.05) is 24.7 Å². The van der Waals surface area contributed by atoms with Gasteiger partial charge in [-0.05, 0) is 29.3 Å². The zero-order chi connectivity index (χ0) is 18.8. The van der Waals surface area contributed by atoms with E-state index in [1.54, 1.807) is 17.3 Å². The molecule has 0 radical (unpaired) electrons. The van der Waals surface area contributed by atoms with Crippen LogP contribution in [0.15, 0.2) is 67.0 Å². The van der Waals surface area contributed by atoms with Crippen LogP contribution in [0.5, 0.6) is 0 Å². The molecule has 2 aromatic carbocycles. The van der Waals surface area contributed by atoms with E-state index in [1.165, 1.54) is 6.92 Å². The Morgan fingerprint density at radius 2 is 1.89 bits per heavy atom. The van der Waals surface area contributed by atoms with Crippen LogP contribution in [0, 0.1) is 0 Å². The summed E-state index contributed by atoms with van der Waals surface area (Å²) in [5, 5.41) is 3.92. The highest BCUT2D eigenvalue weighted by molar-refractivity contribution is 6.00. The molecule has 1 aliphatic heterocycles. The van der Waals surface area contributed by atoms with Crippen molar-refractivity contribution in [3.63, 3.8) is 0 Å². The van der Waals surface area contributed by atoms with Gasteiger partial charge in [-0.3, -0.25) is 14.6 Å². The van der Waals surface area contributed by atoms with Crippen molar-refractivity contribution in [2.24, 2.45) is 0 Å². The molecule has 1 aromatic heterocycles. The topological polar surface area (TPSA) is 62.3 Å². The van der Waals surface area contributed by atoms with Crippen molar-refractivity contribution in [2.45, 2.75) is 19.4 Å². The minimum atomic E-state index is -0.327. The fraction of sp³-hybridized carbons (Fsp3) is 0.136. The molecule has 2 amide bonds. The van der Waals surface area contributed by atoms with Crippen molar-refractivity contribution in [2.75, 3.05) is 5.32 Å². The summed E-state index contributed by atoms with van der Waals surface area (Å²) >= 11 is 0. The van der Waals surface area contributed by atoms with Gasteiger partial charge in [0.25, 0.3) is 0 Å². The summed E-state index contributed by atoms with van der Waals surface area (Å²) < 4.78 is 0. The number of pyridine rings is 1. The number of carbonyl (C=O) groups excluding carboxylic acids is 2. The van der Waals surface area contributed by atoms with Crippen molar-refractivity contribution in [3.8, 4) is 0 Å². The molecule has 1 aliphatic rings. The quantitative estimate of drug-likeness (QED) is 0.766. The fourth-order valence-corrected chi connectivity index (χ4v) is 3.50. The number of benzene rings is 2. The third-order valence-electron chi connectivity index (χ3n) is 4.75. The molecule has 27 heavy (non-hydrogen) atoms. The molecule has 1 atom stereocenters. The van der Waals surface area contributed by atoms with E-state index in [0.29, 0.717) is 5.69 Å². The first kappa shape index (κ1) is 17.0. The number of nitrogens with one attached hydrogen (secondary N) is 1. The molecule has 1 N–H and O–H groups in total. The van der Waals surface area contributed by atoms with Crippen LogP contribution >= 0.6 is 0 Å². The minimum absolute atomic E-state index is 0.0922. The number of nitrogens with zero attached hydrogens (tertiary/aromatic N) is 2. The maximum absolute atomic E-state index is 12.8. The summed E-state index contributed by atoms with van der Waals surface area (Å²) in [4.78, 5) is 30.9. The molecule has 0 saturated heterocycles. The number of fused-ring (bicyclic) bond motifs is 2. The second-order valence-corrected chi connectivity index (χ2v) is 6.52. The first-order valence-corrected chi connectivity index (χ1v) is 8.83. The second kappa shape index (κ2) is 7.03. The molecule has 0 spiro atoms. The summed E-state index contributed by atoms with van der Waals surface area (Å²) in [6.45, 7) is 1.51. The molecule has 4 rings (SSSR count). The van der Waals surface area contributed by atoms with E-state index in [4.69, 9.17) is 0 Å². The molecule has 0 fully saturated rings. The van der Waals surface area contributed by atoms with Gasteiger partial charge < -0.3 is 10.2 Å². The highest BCUT2D eigenvalue weighted by Crippen LogP contribution is 2.33. The maximum atomic E-state index is 12.8. The molecule has 2 heterocycles. The van der Waals surface area contributed by atoms with E-state index >= 15 is 0 Å². The van der Waals surface area contributed by atoms with Crippen molar-refractivity contribution < 1.29 is 9.59 Å². The summed E-state index contributed by atoms with van der Waals surface area (Å²) in [6, 6.07) is 17.0. The van der Waals surface area contributed by atoms with Crippen LogP contribution in [0.1, 0.15) is 30.5 Å². The molecule has 5 nitrogen and oxygen atoms in total.